The Labute approximate surface area is 220 Å². The molecule has 9 heteroatoms. The van der Waals surface area contributed by atoms with Gasteiger partial charge in [-0.2, -0.15) is 0 Å². The number of aryl methyl sites for hydroxylation is 2. The lowest BCUT2D eigenvalue weighted by molar-refractivity contribution is -0.149. The molecule has 2 rings (SSSR count). The number of hydrogen-bond donors (Lipinski definition) is 2. The Balaban J connectivity index is 2.54. The Morgan fingerprint density at radius 1 is 1.14 bits per heavy atom. The Kier molecular flexibility index (Phi) is 10.5. The van der Waals surface area contributed by atoms with E-state index in [0.717, 1.165) is 30.4 Å². The predicted octanol–water partition coefficient (Wildman–Crippen LogP) is 3.95. The van der Waals surface area contributed by atoms with Crippen molar-refractivity contribution in [2.45, 2.75) is 97.9 Å². The van der Waals surface area contributed by atoms with E-state index in [2.05, 4.69) is 15.4 Å². The number of methoxy groups -OCH3 is 1. The minimum absolute atomic E-state index is 0.172. The number of hydrogen-bond acceptors (Lipinski definition) is 6. The van der Waals surface area contributed by atoms with Gasteiger partial charge >= 0.3 is 12.1 Å². The summed E-state index contributed by atoms with van der Waals surface area (Å²) < 4.78 is 10.1. The van der Waals surface area contributed by atoms with Gasteiger partial charge in [0.15, 0.2) is 0 Å². The first-order valence-electron chi connectivity index (χ1n) is 13.0. The number of benzene rings is 1. The van der Waals surface area contributed by atoms with Crippen LogP contribution in [0.2, 0.25) is 0 Å². The van der Waals surface area contributed by atoms with E-state index in [0.29, 0.717) is 12.0 Å². The van der Waals surface area contributed by atoms with Crippen LogP contribution in [0.1, 0.15) is 83.0 Å². The van der Waals surface area contributed by atoms with Gasteiger partial charge in [-0.1, -0.05) is 44.0 Å². The number of rotatable bonds is 10. The number of nitrogens with zero attached hydrogens (tertiary/aromatic N) is 1. The highest BCUT2D eigenvalue weighted by molar-refractivity contribution is 5.93. The molecule has 3 amide bonds. The molecule has 1 aromatic carbocycles. The number of alkyl carbamates (subject to hydrolysis) is 1. The SMILES string of the molecule is CCC(C)C(NC(=O)OC(C)(C)C)C(=O)N(C1CCC1)C(C(=O)NCC(=O)OC)c1ccc(C)cc1C. The summed E-state index contributed by atoms with van der Waals surface area (Å²) >= 11 is 0. The minimum Gasteiger partial charge on any atom is -0.468 e. The quantitative estimate of drug-likeness (QED) is 0.454. The van der Waals surface area contributed by atoms with Crippen LogP contribution in [0.25, 0.3) is 0 Å². The molecule has 2 N–H and O–H groups in total. The fraction of sp³-hybridized carbons (Fsp3) is 0.643. The van der Waals surface area contributed by atoms with Gasteiger partial charge in [0, 0.05) is 6.04 Å². The van der Waals surface area contributed by atoms with E-state index in [1.807, 2.05) is 45.9 Å². The van der Waals surface area contributed by atoms with Crippen molar-refractivity contribution in [3.63, 3.8) is 0 Å². The maximum absolute atomic E-state index is 14.3. The summed E-state index contributed by atoms with van der Waals surface area (Å²) in [5.41, 5.74) is 1.83. The van der Waals surface area contributed by atoms with Crippen LogP contribution in [-0.4, -0.2) is 60.1 Å². The lowest BCUT2D eigenvalue weighted by atomic mass is 9.86. The third-order valence-corrected chi connectivity index (χ3v) is 6.75. The number of ether oxygens (including phenoxy) is 2. The predicted molar refractivity (Wildman–Crippen MR) is 141 cm³/mol. The lowest BCUT2D eigenvalue weighted by Gasteiger charge is -2.44. The molecule has 1 saturated carbocycles. The van der Waals surface area contributed by atoms with Crippen molar-refractivity contribution >= 4 is 23.9 Å². The molecular weight excluding hydrogens is 474 g/mol. The van der Waals surface area contributed by atoms with E-state index >= 15 is 0 Å². The molecule has 9 nitrogen and oxygen atoms in total. The van der Waals surface area contributed by atoms with E-state index in [1.54, 1.807) is 25.7 Å². The number of nitrogens with one attached hydrogen (secondary N) is 2. The van der Waals surface area contributed by atoms with Crippen LogP contribution in [0.3, 0.4) is 0 Å². The van der Waals surface area contributed by atoms with Crippen LogP contribution in [0, 0.1) is 19.8 Å². The van der Waals surface area contributed by atoms with Gasteiger partial charge in [-0.3, -0.25) is 14.4 Å². The Hall–Kier alpha value is -3.10. The van der Waals surface area contributed by atoms with Crippen molar-refractivity contribution in [1.29, 1.82) is 0 Å². The van der Waals surface area contributed by atoms with Crippen LogP contribution in [-0.2, 0) is 23.9 Å². The maximum atomic E-state index is 14.3. The first kappa shape index (κ1) is 30.1. The molecule has 3 atom stereocenters. The molecule has 0 spiro atoms. The van der Waals surface area contributed by atoms with Gasteiger partial charge < -0.3 is 25.0 Å². The van der Waals surface area contributed by atoms with Gasteiger partial charge in [0.2, 0.25) is 11.8 Å². The van der Waals surface area contributed by atoms with E-state index in [1.165, 1.54) is 7.11 Å². The van der Waals surface area contributed by atoms with Crippen molar-refractivity contribution in [3.8, 4) is 0 Å². The normalized spacial score (nSPS) is 16.0. The molecular formula is C28H43N3O6. The zero-order chi connectivity index (χ0) is 27.9. The second-order valence-corrected chi connectivity index (χ2v) is 10.9. The topological polar surface area (TPSA) is 114 Å². The fourth-order valence-electron chi connectivity index (χ4n) is 4.34. The van der Waals surface area contributed by atoms with Crippen LogP contribution in [0.15, 0.2) is 18.2 Å². The van der Waals surface area contributed by atoms with Gasteiger partial charge in [-0.15, -0.1) is 0 Å². The Morgan fingerprint density at radius 2 is 1.78 bits per heavy atom. The van der Waals surface area contributed by atoms with Gasteiger partial charge in [0.05, 0.1) is 7.11 Å². The van der Waals surface area contributed by atoms with Crippen molar-refractivity contribution in [1.82, 2.24) is 15.5 Å². The zero-order valence-electron chi connectivity index (χ0n) is 23.5. The standard InChI is InChI=1S/C28H43N3O6/c1-9-18(3)23(30-27(35)37-28(5,6)7)26(34)31(20-11-10-12-20)24(25(33)29-16-22(32)36-8)21-14-13-17(2)15-19(21)4/h13-15,18,20,23-24H,9-12,16H2,1-8H3,(H,29,33)(H,30,35). The van der Waals surface area contributed by atoms with Crippen molar-refractivity contribution in [2.75, 3.05) is 13.7 Å². The fourth-order valence-corrected chi connectivity index (χ4v) is 4.34. The minimum atomic E-state index is -0.977. The zero-order valence-corrected chi connectivity index (χ0v) is 23.5. The molecule has 0 aromatic heterocycles. The van der Waals surface area contributed by atoms with Crippen molar-refractivity contribution in [3.05, 3.63) is 34.9 Å². The van der Waals surface area contributed by atoms with E-state index < -0.39 is 35.7 Å². The van der Waals surface area contributed by atoms with Crippen molar-refractivity contribution < 1.29 is 28.7 Å². The molecule has 0 radical (unpaired) electrons. The third-order valence-electron chi connectivity index (χ3n) is 6.75. The molecule has 0 bridgehead atoms. The first-order valence-corrected chi connectivity index (χ1v) is 13.0. The second-order valence-electron chi connectivity index (χ2n) is 10.9. The molecule has 0 heterocycles. The van der Waals surface area contributed by atoms with E-state index in [-0.39, 0.29) is 24.4 Å². The summed E-state index contributed by atoms with van der Waals surface area (Å²) in [5, 5.41) is 5.42. The molecule has 3 unspecified atom stereocenters. The summed E-state index contributed by atoms with van der Waals surface area (Å²) in [6.45, 7) is 12.7. The number of amides is 3. The largest absolute Gasteiger partial charge is 0.468 e. The molecule has 0 saturated heterocycles. The summed E-state index contributed by atoms with van der Waals surface area (Å²) in [6, 6.07) is 3.68. The van der Waals surface area contributed by atoms with Gasteiger partial charge in [0.1, 0.15) is 24.2 Å². The molecule has 1 aliphatic carbocycles. The lowest BCUT2D eigenvalue weighted by Crippen LogP contribution is -2.59. The van der Waals surface area contributed by atoms with Crippen molar-refractivity contribution in [2.24, 2.45) is 5.92 Å². The van der Waals surface area contributed by atoms with E-state index in [4.69, 9.17) is 4.74 Å². The van der Waals surface area contributed by atoms with Crippen LogP contribution >= 0.6 is 0 Å². The molecule has 37 heavy (non-hydrogen) atoms. The Morgan fingerprint density at radius 3 is 2.27 bits per heavy atom. The summed E-state index contributed by atoms with van der Waals surface area (Å²) in [5.74, 6) is -1.61. The van der Waals surface area contributed by atoms with Crippen LogP contribution in [0.4, 0.5) is 4.79 Å². The molecule has 1 aromatic rings. The van der Waals surface area contributed by atoms with Crippen LogP contribution in [0.5, 0.6) is 0 Å². The summed E-state index contributed by atoms with van der Waals surface area (Å²) in [6.07, 6.45) is 2.38. The smallest absolute Gasteiger partial charge is 0.408 e. The monoisotopic (exact) mass is 517 g/mol. The average Bonchev–Trinajstić information content (AvgIpc) is 2.78. The summed E-state index contributed by atoms with van der Waals surface area (Å²) in [7, 11) is 1.25. The summed E-state index contributed by atoms with van der Waals surface area (Å²) in [4.78, 5) is 54.0. The average molecular weight is 518 g/mol. The molecule has 1 fully saturated rings. The Bertz CT molecular complexity index is 983. The molecule has 0 aliphatic heterocycles. The molecule has 1 aliphatic rings. The highest BCUT2D eigenvalue weighted by Gasteiger charge is 2.43. The number of carbonyl (C=O) groups is 4. The van der Waals surface area contributed by atoms with Gasteiger partial charge in [-0.05, 0) is 70.9 Å². The number of esters is 1. The number of carbonyl (C=O) groups excluding carboxylic acids is 4. The van der Waals surface area contributed by atoms with E-state index in [9.17, 15) is 19.2 Å². The maximum Gasteiger partial charge on any atom is 0.408 e. The van der Waals surface area contributed by atoms with Gasteiger partial charge in [-0.25, -0.2) is 4.79 Å². The van der Waals surface area contributed by atoms with Gasteiger partial charge in [0.25, 0.3) is 0 Å². The highest BCUT2D eigenvalue weighted by atomic mass is 16.6. The third kappa shape index (κ3) is 8.20. The van der Waals surface area contributed by atoms with Crippen LogP contribution < -0.4 is 10.6 Å². The highest BCUT2D eigenvalue weighted by Crippen LogP contribution is 2.35. The first-order chi connectivity index (χ1) is 17.3. The second kappa shape index (κ2) is 12.9. The molecule has 206 valence electrons.